The van der Waals surface area contributed by atoms with Crippen molar-refractivity contribution < 1.29 is 19.1 Å². The highest BCUT2D eigenvalue weighted by Gasteiger charge is 2.35. The van der Waals surface area contributed by atoms with E-state index in [2.05, 4.69) is 0 Å². The summed E-state index contributed by atoms with van der Waals surface area (Å²) in [5, 5.41) is 0.201. The summed E-state index contributed by atoms with van der Waals surface area (Å²) in [4.78, 5) is 26.9. The Morgan fingerprint density at radius 3 is 2.45 bits per heavy atom. The summed E-state index contributed by atoms with van der Waals surface area (Å²) in [6, 6.07) is 22.5. The summed E-state index contributed by atoms with van der Waals surface area (Å²) in [5.41, 5.74) is 2.52. The maximum Gasteiger partial charge on any atom is 0.293 e. The SMILES string of the molecule is CCOc1cc(/C=C2\SC(=O)N(Cc3ccccc3Cl)C2=O)ccc1OCc1ccccc1. The molecular weight excluding hydrogens is 458 g/mol. The highest BCUT2D eigenvalue weighted by atomic mass is 35.5. The molecule has 1 saturated heterocycles. The topological polar surface area (TPSA) is 55.8 Å². The number of thioether (sulfide) groups is 1. The van der Waals surface area contributed by atoms with Gasteiger partial charge in [-0.25, -0.2) is 0 Å². The number of hydrogen-bond donors (Lipinski definition) is 0. The molecule has 0 N–H and O–H groups in total. The molecule has 3 aromatic carbocycles. The summed E-state index contributed by atoms with van der Waals surface area (Å²) < 4.78 is 11.7. The fraction of sp³-hybridized carbons (Fsp3) is 0.154. The molecule has 0 atom stereocenters. The van der Waals surface area contributed by atoms with E-state index in [9.17, 15) is 9.59 Å². The van der Waals surface area contributed by atoms with Crippen LogP contribution in [0.3, 0.4) is 0 Å². The predicted octanol–water partition coefficient (Wildman–Crippen LogP) is 6.55. The molecule has 5 nitrogen and oxygen atoms in total. The summed E-state index contributed by atoms with van der Waals surface area (Å²) in [6.45, 7) is 2.92. The Bertz CT molecular complexity index is 1200. The van der Waals surface area contributed by atoms with Gasteiger partial charge in [0.15, 0.2) is 11.5 Å². The van der Waals surface area contributed by atoms with E-state index in [4.69, 9.17) is 21.1 Å². The van der Waals surface area contributed by atoms with Crippen molar-refractivity contribution in [2.75, 3.05) is 6.61 Å². The van der Waals surface area contributed by atoms with Gasteiger partial charge in [-0.3, -0.25) is 14.5 Å². The summed E-state index contributed by atoms with van der Waals surface area (Å²) >= 11 is 7.11. The van der Waals surface area contributed by atoms with Crippen LogP contribution < -0.4 is 9.47 Å². The number of nitrogens with zero attached hydrogens (tertiary/aromatic N) is 1. The third-order valence-electron chi connectivity index (χ3n) is 4.96. The molecule has 0 saturated carbocycles. The number of ether oxygens (including phenoxy) is 2. The number of rotatable bonds is 8. The van der Waals surface area contributed by atoms with Crippen molar-refractivity contribution in [1.82, 2.24) is 4.90 Å². The molecule has 33 heavy (non-hydrogen) atoms. The first-order valence-electron chi connectivity index (χ1n) is 10.5. The van der Waals surface area contributed by atoms with Crippen LogP contribution in [-0.2, 0) is 17.9 Å². The van der Waals surface area contributed by atoms with Crippen molar-refractivity contribution in [2.45, 2.75) is 20.1 Å². The van der Waals surface area contributed by atoms with E-state index in [1.165, 1.54) is 4.90 Å². The number of carbonyl (C=O) groups is 2. The van der Waals surface area contributed by atoms with Gasteiger partial charge in [0.2, 0.25) is 0 Å². The number of amides is 2. The van der Waals surface area contributed by atoms with E-state index in [-0.39, 0.29) is 17.7 Å². The van der Waals surface area contributed by atoms with Crippen LogP contribution in [-0.4, -0.2) is 22.7 Å². The lowest BCUT2D eigenvalue weighted by Crippen LogP contribution is -2.27. The zero-order valence-electron chi connectivity index (χ0n) is 18.0. The van der Waals surface area contributed by atoms with Gasteiger partial charge in [0, 0.05) is 5.02 Å². The minimum Gasteiger partial charge on any atom is -0.490 e. The Balaban J connectivity index is 1.51. The minimum absolute atomic E-state index is 0.137. The second-order valence-electron chi connectivity index (χ2n) is 7.27. The number of benzene rings is 3. The first-order chi connectivity index (χ1) is 16.0. The Morgan fingerprint density at radius 2 is 1.70 bits per heavy atom. The van der Waals surface area contributed by atoms with Gasteiger partial charge < -0.3 is 9.47 Å². The molecule has 0 aromatic heterocycles. The number of carbonyl (C=O) groups excluding carboxylic acids is 2. The predicted molar refractivity (Wildman–Crippen MR) is 131 cm³/mol. The van der Waals surface area contributed by atoms with Crippen LogP contribution in [0.5, 0.6) is 11.5 Å². The number of imide groups is 1. The van der Waals surface area contributed by atoms with Crippen LogP contribution in [0.15, 0.2) is 77.7 Å². The van der Waals surface area contributed by atoms with Crippen molar-refractivity contribution in [1.29, 1.82) is 0 Å². The molecule has 0 aliphatic carbocycles. The van der Waals surface area contributed by atoms with Gasteiger partial charge in [0.25, 0.3) is 11.1 Å². The maximum atomic E-state index is 12.9. The highest BCUT2D eigenvalue weighted by molar-refractivity contribution is 8.18. The van der Waals surface area contributed by atoms with E-state index in [0.29, 0.717) is 34.6 Å². The van der Waals surface area contributed by atoms with E-state index in [1.54, 1.807) is 18.2 Å². The second kappa shape index (κ2) is 10.6. The third kappa shape index (κ3) is 5.59. The Morgan fingerprint density at radius 1 is 0.939 bits per heavy atom. The van der Waals surface area contributed by atoms with Crippen molar-refractivity contribution in [3.63, 3.8) is 0 Å². The van der Waals surface area contributed by atoms with Gasteiger partial charge in [0.1, 0.15) is 6.61 Å². The van der Waals surface area contributed by atoms with Crippen LogP contribution in [0.2, 0.25) is 5.02 Å². The smallest absolute Gasteiger partial charge is 0.293 e. The average Bonchev–Trinajstić information content (AvgIpc) is 3.08. The van der Waals surface area contributed by atoms with Crippen molar-refractivity contribution >= 4 is 40.6 Å². The van der Waals surface area contributed by atoms with Gasteiger partial charge in [-0.15, -0.1) is 0 Å². The monoisotopic (exact) mass is 479 g/mol. The molecule has 0 bridgehead atoms. The first-order valence-corrected chi connectivity index (χ1v) is 11.7. The van der Waals surface area contributed by atoms with Crippen molar-refractivity contribution in [3.8, 4) is 11.5 Å². The van der Waals surface area contributed by atoms with E-state index < -0.39 is 0 Å². The molecule has 1 heterocycles. The van der Waals surface area contributed by atoms with Gasteiger partial charge in [0.05, 0.1) is 18.1 Å². The lowest BCUT2D eigenvalue weighted by molar-refractivity contribution is -0.123. The van der Waals surface area contributed by atoms with Gasteiger partial charge in [-0.2, -0.15) is 0 Å². The lowest BCUT2D eigenvalue weighted by Gasteiger charge is -2.13. The van der Waals surface area contributed by atoms with Crippen molar-refractivity contribution in [2.24, 2.45) is 0 Å². The van der Waals surface area contributed by atoms with Gasteiger partial charge in [-0.05, 0) is 59.7 Å². The van der Waals surface area contributed by atoms with Gasteiger partial charge in [-0.1, -0.05) is 66.2 Å². The molecule has 1 fully saturated rings. The summed E-state index contributed by atoms with van der Waals surface area (Å²) in [5.74, 6) is 0.856. The van der Waals surface area contributed by atoms with E-state index >= 15 is 0 Å². The number of hydrogen-bond acceptors (Lipinski definition) is 5. The molecule has 7 heteroatoms. The quantitative estimate of drug-likeness (QED) is 0.343. The summed E-state index contributed by atoms with van der Waals surface area (Å²) in [7, 11) is 0. The third-order valence-corrected chi connectivity index (χ3v) is 6.24. The molecule has 0 radical (unpaired) electrons. The first kappa shape index (κ1) is 23.0. The molecule has 1 aliphatic heterocycles. The average molecular weight is 480 g/mol. The molecule has 0 unspecified atom stereocenters. The molecule has 4 rings (SSSR count). The van der Waals surface area contributed by atoms with Crippen LogP contribution >= 0.6 is 23.4 Å². The Labute approximate surface area is 202 Å². The zero-order valence-corrected chi connectivity index (χ0v) is 19.6. The highest BCUT2D eigenvalue weighted by Crippen LogP contribution is 2.36. The minimum atomic E-state index is -0.340. The standard InChI is InChI=1S/C26H22ClNO4S/c1-2-31-23-14-19(12-13-22(23)32-17-18-8-4-3-5-9-18)15-24-25(29)28(26(30)33-24)16-20-10-6-7-11-21(20)27/h3-15H,2,16-17H2,1H3/b24-15-. The zero-order chi connectivity index (χ0) is 23.2. The van der Waals surface area contributed by atoms with Crippen LogP contribution in [0.4, 0.5) is 4.79 Å². The normalized spacial score (nSPS) is 14.7. The second-order valence-corrected chi connectivity index (χ2v) is 8.67. The molecule has 1 aliphatic rings. The van der Waals surface area contributed by atoms with E-state index in [1.807, 2.05) is 67.6 Å². The van der Waals surface area contributed by atoms with E-state index in [0.717, 1.165) is 28.5 Å². The molecule has 168 valence electrons. The largest absolute Gasteiger partial charge is 0.490 e. The maximum absolute atomic E-state index is 12.9. The van der Waals surface area contributed by atoms with Crippen molar-refractivity contribution in [3.05, 3.63) is 99.4 Å². The van der Waals surface area contributed by atoms with Crippen LogP contribution in [0, 0.1) is 0 Å². The van der Waals surface area contributed by atoms with Gasteiger partial charge >= 0.3 is 0 Å². The molecule has 3 aromatic rings. The molecule has 0 spiro atoms. The molecular formula is C26H22ClNO4S. The van der Waals surface area contributed by atoms with Crippen LogP contribution in [0.25, 0.3) is 6.08 Å². The summed E-state index contributed by atoms with van der Waals surface area (Å²) in [6.07, 6.45) is 1.70. The van der Waals surface area contributed by atoms with Crippen LogP contribution in [0.1, 0.15) is 23.6 Å². The lowest BCUT2D eigenvalue weighted by atomic mass is 10.1. The fourth-order valence-electron chi connectivity index (χ4n) is 3.32. The fourth-order valence-corrected chi connectivity index (χ4v) is 4.36. The molecule has 2 amide bonds. The number of halogens is 1. The Kier molecular flexibility index (Phi) is 7.37. The Hall–Kier alpha value is -3.22.